The van der Waals surface area contributed by atoms with E-state index in [4.69, 9.17) is 0 Å². The van der Waals surface area contributed by atoms with Crippen LogP contribution in [-0.2, 0) is 13.0 Å². The largest absolute Gasteiger partial charge is 0.301 e. The standard InChI is InChI=1S/C12H14N4OS2/c1-7-5-9(15-19-7)11(17)14-12-13-8-3-4-16(2)6-10(8)18-12/h5H,3-4,6H2,1-2H3,(H,13,14,17). The molecule has 7 heteroatoms. The molecule has 3 rings (SSSR count). The predicted octanol–water partition coefficient (Wildman–Crippen LogP) is 2.15. The monoisotopic (exact) mass is 294 g/mol. The summed E-state index contributed by atoms with van der Waals surface area (Å²) in [5.74, 6) is -0.177. The topological polar surface area (TPSA) is 58.1 Å². The third kappa shape index (κ3) is 2.68. The highest BCUT2D eigenvalue weighted by atomic mass is 32.1. The fourth-order valence-electron chi connectivity index (χ4n) is 2.01. The summed E-state index contributed by atoms with van der Waals surface area (Å²) in [5, 5.41) is 3.51. The Hall–Kier alpha value is -1.31. The molecule has 0 unspecified atom stereocenters. The Morgan fingerprint density at radius 2 is 2.37 bits per heavy atom. The molecular weight excluding hydrogens is 280 g/mol. The Labute approximate surface area is 119 Å². The minimum Gasteiger partial charge on any atom is -0.301 e. The zero-order chi connectivity index (χ0) is 13.4. The number of nitrogens with one attached hydrogen (secondary N) is 1. The van der Waals surface area contributed by atoms with Gasteiger partial charge in [0.25, 0.3) is 5.91 Å². The van der Waals surface area contributed by atoms with Crippen molar-refractivity contribution >= 4 is 33.9 Å². The minimum absolute atomic E-state index is 0.177. The zero-order valence-electron chi connectivity index (χ0n) is 10.8. The molecule has 2 aromatic rings. The van der Waals surface area contributed by atoms with Crippen molar-refractivity contribution in [1.82, 2.24) is 14.3 Å². The molecule has 2 aromatic heterocycles. The Balaban J connectivity index is 1.75. The lowest BCUT2D eigenvalue weighted by Gasteiger charge is -2.20. The number of anilines is 1. The quantitative estimate of drug-likeness (QED) is 0.922. The average Bonchev–Trinajstić information content (AvgIpc) is 2.94. The molecule has 19 heavy (non-hydrogen) atoms. The molecule has 0 atom stereocenters. The van der Waals surface area contributed by atoms with Crippen molar-refractivity contribution in [3.63, 3.8) is 0 Å². The third-order valence-electron chi connectivity index (χ3n) is 3.00. The van der Waals surface area contributed by atoms with Crippen molar-refractivity contribution in [3.8, 4) is 0 Å². The molecule has 1 aliphatic heterocycles. The molecule has 0 aliphatic carbocycles. The van der Waals surface area contributed by atoms with E-state index in [2.05, 4.69) is 26.6 Å². The highest BCUT2D eigenvalue weighted by Gasteiger charge is 2.19. The van der Waals surface area contributed by atoms with Gasteiger partial charge in [-0.25, -0.2) is 4.98 Å². The maximum atomic E-state index is 12.0. The lowest BCUT2D eigenvalue weighted by atomic mass is 10.2. The van der Waals surface area contributed by atoms with Crippen molar-refractivity contribution in [1.29, 1.82) is 0 Å². The van der Waals surface area contributed by atoms with Gasteiger partial charge in [-0.05, 0) is 31.6 Å². The number of rotatable bonds is 2. The van der Waals surface area contributed by atoms with Crippen molar-refractivity contribution in [2.75, 3.05) is 18.9 Å². The molecule has 3 heterocycles. The molecule has 5 nitrogen and oxygen atoms in total. The Morgan fingerprint density at radius 3 is 3.11 bits per heavy atom. The van der Waals surface area contributed by atoms with Crippen LogP contribution in [0.1, 0.15) is 25.9 Å². The van der Waals surface area contributed by atoms with Crippen LogP contribution >= 0.6 is 22.9 Å². The highest BCUT2D eigenvalue weighted by molar-refractivity contribution is 7.15. The molecule has 0 spiro atoms. The van der Waals surface area contributed by atoms with Crippen LogP contribution in [0.4, 0.5) is 5.13 Å². The van der Waals surface area contributed by atoms with E-state index in [1.54, 1.807) is 17.4 Å². The number of aryl methyl sites for hydroxylation is 1. The van der Waals surface area contributed by atoms with E-state index in [0.29, 0.717) is 10.8 Å². The van der Waals surface area contributed by atoms with Crippen LogP contribution in [0.5, 0.6) is 0 Å². The van der Waals surface area contributed by atoms with Gasteiger partial charge in [-0.3, -0.25) is 10.1 Å². The number of amides is 1. The van der Waals surface area contributed by atoms with Gasteiger partial charge >= 0.3 is 0 Å². The number of carbonyl (C=O) groups excluding carboxylic acids is 1. The minimum atomic E-state index is -0.177. The highest BCUT2D eigenvalue weighted by Crippen LogP contribution is 2.28. The summed E-state index contributed by atoms with van der Waals surface area (Å²) in [7, 11) is 2.10. The summed E-state index contributed by atoms with van der Waals surface area (Å²) in [6, 6.07) is 1.79. The van der Waals surface area contributed by atoms with Gasteiger partial charge in [-0.15, -0.1) is 11.3 Å². The molecule has 0 aromatic carbocycles. The first-order valence-corrected chi connectivity index (χ1v) is 7.62. The second-order valence-electron chi connectivity index (χ2n) is 4.65. The fraction of sp³-hybridized carbons (Fsp3) is 0.417. The molecule has 0 radical (unpaired) electrons. The van der Waals surface area contributed by atoms with Crippen LogP contribution in [0.15, 0.2) is 6.07 Å². The number of aromatic nitrogens is 2. The summed E-state index contributed by atoms with van der Waals surface area (Å²) in [6.07, 6.45) is 0.952. The number of thiazole rings is 1. The van der Waals surface area contributed by atoms with Crippen LogP contribution < -0.4 is 5.32 Å². The smallest absolute Gasteiger partial charge is 0.277 e. The molecule has 0 saturated heterocycles. The summed E-state index contributed by atoms with van der Waals surface area (Å²) in [5.41, 5.74) is 1.58. The lowest BCUT2D eigenvalue weighted by molar-refractivity contribution is 0.102. The summed E-state index contributed by atoms with van der Waals surface area (Å²) >= 11 is 2.90. The van der Waals surface area contributed by atoms with Gasteiger partial charge < -0.3 is 4.90 Å². The van der Waals surface area contributed by atoms with Crippen LogP contribution in [-0.4, -0.2) is 33.8 Å². The first kappa shape index (κ1) is 12.7. The summed E-state index contributed by atoms with van der Waals surface area (Å²) in [6.45, 7) is 3.88. The van der Waals surface area contributed by atoms with E-state index in [0.717, 1.165) is 30.1 Å². The molecule has 0 saturated carbocycles. The van der Waals surface area contributed by atoms with Crippen LogP contribution in [0.2, 0.25) is 0 Å². The number of fused-ring (bicyclic) bond motifs is 1. The third-order valence-corrected chi connectivity index (χ3v) is 4.69. The van der Waals surface area contributed by atoms with E-state index in [9.17, 15) is 4.79 Å². The van der Waals surface area contributed by atoms with Gasteiger partial charge in [-0.2, -0.15) is 4.37 Å². The summed E-state index contributed by atoms with van der Waals surface area (Å²) in [4.78, 5) is 21.0. The zero-order valence-corrected chi connectivity index (χ0v) is 12.4. The van der Waals surface area contributed by atoms with Gasteiger partial charge in [0.1, 0.15) is 5.69 Å². The van der Waals surface area contributed by atoms with Gasteiger partial charge in [0, 0.05) is 29.3 Å². The molecule has 1 N–H and O–H groups in total. The van der Waals surface area contributed by atoms with Crippen LogP contribution in [0, 0.1) is 6.92 Å². The first-order chi connectivity index (χ1) is 9.11. The lowest BCUT2D eigenvalue weighted by Crippen LogP contribution is -2.25. The van der Waals surface area contributed by atoms with E-state index in [1.807, 2.05) is 6.92 Å². The SMILES string of the molecule is Cc1cc(C(=O)Nc2nc3c(s2)CN(C)CC3)ns1. The molecule has 100 valence electrons. The van der Waals surface area contributed by atoms with Crippen LogP contribution in [0.3, 0.4) is 0 Å². The number of nitrogens with zero attached hydrogens (tertiary/aromatic N) is 3. The van der Waals surface area contributed by atoms with E-state index in [1.165, 1.54) is 16.4 Å². The van der Waals surface area contributed by atoms with Crippen molar-refractivity contribution in [2.24, 2.45) is 0 Å². The number of hydrogen-bond donors (Lipinski definition) is 1. The summed E-state index contributed by atoms with van der Waals surface area (Å²) < 4.78 is 4.10. The normalized spacial score (nSPS) is 15.3. The van der Waals surface area contributed by atoms with Crippen molar-refractivity contribution < 1.29 is 4.79 Å². The van der Waals surface area contributed by atoms with Crippen molar-refractivity contribution in [2.45, 2.75) is 19.9 Å². The van der Waals surface area contributed by atoms with E-state index in [-0.39, 0.29) is 5.91 Å². The van der Waals surface area contributed by atoms with Crippen molar-refractivity contribution in [3.05, 3.63) is 27.2 Å². The molecule has 0 fully saturated rings. The predicted molar refractivity (Wildman–Crippen MR) is 77.0 cm³/mol. The second kappa shape index (κ2) is 4.99. The second-order valence-corrected chi connectivity index (χ2v) is 6.75. The maximum Gasteiger partial charge on any atom is 0.277 e. The van der Waals surface area contributed by atoms with E-state index >= 15 is 0 Å². The molecule has 1 aliphatic rings. The first-order valence-electron chi connectivity index (χ1n) is 6.03. The Bertz CT molecular complexity index is 619. The number of hydrogen-bond acceptors (Lipinski definition) is 6. The molecule has 0 bridgehead atoms. The Morgan fingerprint density at radius 1 is 1.53 bits per heavy atom. The average molecular weight is 294 g/mol. The van der Waals surface area contributed by atoms with Gasteiger partial charge in [0.2, 0.25) is 0 Å². The van der Waals surface area contributed by atoms with Gasteiger partial charge in [0.05, 0.1) is 5.69 Å². The van der Waals surface area contributed by atoms with Gasteiger partial charge in [0.15, 0.2) is 5.13 Å². The van der Waals surface area contributed by atoms with Gasteiger partial charge in [-0.1, -0.05) is 0 Å². The Kier molecular flexibility index (Phi) is 3.34. The number of carbonyl (C=O) groups is 1. The molecule has 1 amide bonds. The number of likely N-dealkylation sites (N-methyl/N-ethyl adjacent to an activating group) is 1. The maximum absolute atomic E-state index is 12.0. The fourth-order valence-corrected chi connectivity index (χ4v) is 3.64. The van der Waals surface area contributed by atoms with E-state index < -0.39 is 0 Å². The molecular formula is C12H14N4OS2. The van der Waals surface area contributed by atoms with Crippen LogP contribution in [0.25, 0.3) is 0 Å².